The highest BCUT2D eigenvalue weighted by molar-refractivity contribution is 5.80. The van der Waals surface area contributed by atoms with Gasteiger partial charge in [0, 0.05) is 18.3 Å². The number of fused-ring (bicyclic) bond motifs is 1. The molecule has 1 saturated heterocycles. The van der Waals surface area contributed by atoms with Crippen LogP contribution in [0.2, 0.25) is 0 Å². The van der Waals surface area contributed by atoms with E-state index in [1.165, 1.54) is 17.0 Å². The SMILES string of the molecule is O=C(O)N1CCC[C@H]1[C@H](O)[C@@H](c1cccc(F)c1)n1ccc2ccccc21. The third-order valence-electron chi connectivity index (χ3n) is 5.38. The highest BCUT2D eigenvalue weighted by Gasteiger charge is 2.39. The monoisotopic (exact) mass is 368 g/mol. The number of likely N-dealkylation sites (tertiary alicyclic amines) is 1. The average molecular weight is 368 g/mol. The Labute approximate surface area is 156 Å². The molecule has 1 amide bonds. The third kappa shape index (κ3) is 3.17. The van der Waals surface area contributed by atoms with Crippen LogP contribution < -0.4 is 0 Å². The second-order valence-corrected chi connectivity index (χ2v) is 6.96. The predicted octanol–water partition coefficient (Wildman–Crippen LogP) is 3.87. The average Bonchev–Trinajstić information content (AvgIpc) is 3.30. The maximum absolute atomic E-state index is 13.9. The van der Waals surface area contributed by atoms with E-state index in [-0.39, 0.29) is 5.82 Å². The van der Waals surface area contributed by atoms with Crippen molar-refractivity contribution in [1.82, 2.24) is 9.47 Å². The number of carboxylic acid groups (broad SMARTS) is 1. The van der Waals surface area contributed by atoms with Crippen molar-refractivity contribution >= 4 is 17.0 Å². The molecule has 0 bridgehead atoms. The van der Waals surface area contributed by atoms with Crippen LogP contribution in [0.5, 0.6) is 0 Å². The van der Waals surface area contributed by atoms with Crippen LogP contribution in [0.4, 0.5) is 9.18 Å². The standard InChI is InChI=1S/C21H21FN2O3/c22-16-7-3-6-15(13-16)19(20(25)18-9-4-11-24(18)21(26)27)23-12-10-14-5-1-2-8-17(14)23/h1-3,5-8,10,12-13,18-20,25H,4,9,11H2,(H,26,27)/t18-,19+,20-/m0/s1. The van der Waals surface area contributed by atoms with Gasteiger partial charge in [0.15, 0.2) is 0 Å². The van der Waals surface area contributed by atoms with Gasteiger partial charge < -0.3 is 19.7 Å². The van der Waals surface area contributed by atoms with Crippen molar-refractivity contribution in [2.24, 2.45) is 0 Å². The maximum atomic E-state index is 13.9. The summed E-state index contributed by atoms with van der Waals surface area (Å²) in [6, 6.07) is 14.7. The van der Waals surface area contributed by atoms with Gasteiger partial charge in [-0.3, -0.25) is 0 Å². The molecule has 2 aromatic carbocycles. The van der Waals surface area contributed by atoms with E-state index in [4.69, 9.17) is 0 Å². The highest BCUT2D eigenvalue weighted by Crippen LogP contribution is 2.33. The number of para-hydroxylation sites is 1. The van der Waals surface area contributed by atoms with Gasteiger partial charge in [-0.1, -0.05) is 30.3 Å². The molecule has 27 heavy (non-hydrogen) atoms. The van der Waals surface area contributed by atoms with E-state index in [0.717, 1.165) is 10.9 Å². The van der Waals surface area contributed by atoms with Gasteiger partial charge in [0.2, 0.25) is 0 Å². The minimum Gasteiger partial charge on any atom is -0.465 e. The van der Waals surface area contributed by atoms with E-state index < -0.39 is 24.3 Å². The molecule has 4 rings (SSSR count). The Morgan fingerprint density at radius 2 is 1.96 bits per heavy atom. The lowest BCUT2D eigenvalue weighted by atomic mass is 9.94. The zero-order valence-corrected chi connectivity index (χ0v) is 14.7. The summed E-state index contributed by atoms with van der Waals surface area (Å²) in [7, 11) is 0. The minimum absolute atomic E-state index is 0.386. The molecule has 0 spiro atoms. The summed E-state index contributed by atoms with van der Waals surface area (Å²) >= 11 is 0. The Morgan fingerprint density at radius 1 is 1.15 bits per heavy atom. The van der Waals surface area contributed by atoms with Gasteiger partial charge in [-0.2, -0.15) is 0 Å². The van der Waals surface area contributed by atoms with Crippen molar-refractivity contribution < 1.29 is 19.4 Å². The summed E-state index contributed by atoms with van der Waals surface area (Å²) < 4.78 is 15.8. The summed E-state index contributed by atoms with van der Waals surface area (Å²) in [6.45, 7) is 0.402. The molecule has 3 aromatic rings. The Bertz CT molecular complexity index is 971. The summed E-state index contributed by atoms with van der Waals surface area (Å²) in [5.41, 5.74) is 1.52. The molecule has 6 heteroatoms. The molecule has 2 heterocycles. The van der Waals surface area contributed by atoms with Crippen LogP contribution in [-0.4, -0.2) is 44.5 Å². The minimum atomic E-state index is -1.04. The number of rotatable bonds is 4. The van der Waals surface area contributed by atoms with Gasteiger partial charge in [-0.15, -0.1) is 0 Å². The fourth-order valence-electron chi connectivity index (χ4n) is 4.16. The van der Waals surface area contributed by atoms with Crippen molar-refractivity contribution in [3.63, 3.8) is 0 Å². The van der Waals surface area contributed by atoms with E-state index in [1.807, 2.05) is 41.1 Å². The molecule has 2 N–H and O–H groups in total. The molecule has 0 aliphatic carbocycles. The molecule has 5 nitrogen and oxygen atoms in total. The molecular weight excluding hydrogens is 347 g/mol. The molecule has 3 atom stereocenters. The second-order valence-electron chi connectivity index (χ2n) is 6.96. The van der Waals surface area contributed by atoms with Crippen molar-refractivity contribution in [2.75, 3.05) is 6.54 Å². The molecule has 1 aromatic heterocycles. The van der Waals surface area contributed by atoms with Gasteiger partial charge in [-0.25, -0.2) is 9.18 Å². The zero-order chi connectivity index (χ0) is 19.0. The van der Waals surface area contributed by atoms with Crippen LogP contribution in [0.15, 0.2) is 60.8 Å². The van der Waals surface area contributed by atoms with E-state index in [1.54, 1.807) is 12.1 Å². The number of nitrogens with zero attached hydrogens (tertiary/aromatic N) is 2. The quantitative estimate of drug-likeness (QED) is 0.735. The van der Waals surface area contributed by atoms with Crippen LogP contribution in [0.1, 0.15) is 24.4 Å². The van der Waals surface area contributed by atoms with E-state index in [9.17, 15) is 19.4 Å². The van der Waals surface area contributed by atoms with E-state index >= 15 is 0 Å². The Balaban J connectivity index is 1.82. The van der Waals surface area contributed by atoms with Gasteiger partial charge >= 0.3 is 6.09 Å². The lowest BCUT2D eigenvalue weighted by Gasteiger charge is -2.33. The van der Waals surface area contributed by atoms with Crippen molar-refractivity contribution in [2.45, 2.75) is 31.0 Å². The van der Waals surface area contributed by atoms with Crippen molar-refractivity contribution in [3.8, 4) is 0 Å². The first kappa shape index (κ1) is 17.5. The van der Waals surface area contributed by atoms with Crippen LogP contribution in [-0.2, 0) is 0 Å². The number of hydrogen-bond donors (Lipinski definition) is 2. The number of aliphatic hydroxyl groups excluding tert-OH is 1. The first-order valence-corrected chi connectivity index (χ1v) is 9.05. The van der Waals surface area contributed by atoms with E-state index in [0.29, 0.717) is 24.9 Å². The number of aromatic nitrogens is 1. The van der Waals surface area contributed by atoms with Crippen molar-refractivity contribution in [3.05, 3.63) is 72.2 Å². The molecule has 1 aliphatic rings. The lowest BCUT2D eigenvalue weighted by molar-refractivity contribution is 0.0450. The van der Waals surface area contributed by atoms with Gasteiger partial charge in [0.25, 0.3) is 0 Å². The third-order valence-corrected chi connectivity index (χ3v) is 5.38. The van der Waals surface area contributed by atoms with E-state index in [2.05, 4.69) is 0 Å². The molecule has 0 unspecified atom stereocenters. The summed E-state index contributed by atoms with van der Waals surface area (Å²) in [6.07, 6.45) is 1.12. The Kier molecular flexibility index (Phi) is 4.58. The zero-order valence-electron chi connectivity index (χ0n) is 14.7. The number of benzene rings is 2. The molecule has 1 fully saturated rings. The number of carbonyl (C=O) groups is 1. The molecule has 0 radical (unpaired) electrons. The Hall–Kier alpha value is -2.86. The molecule has 0 saturated carbocycles. The topological polar surface area (TPSA) is 65.7 Å². The van der Waals surface area contributed by atoms with Crippen molar-refractivity contribution in [1.29, 1.82) is 0 Å². The molecule has 140 valence electrons. The van der Waals surface area contributed by atoms with Gasteiger partial charge in [-0.05, 0) is 48.1 Å². The summed E-state index contributed by atoms with van der Waals surface area (Å²) in [5, 5.41) is 21.7. The molecular formula is C21H21FN2O3. The largest absolute Gasteiger partial charge is 0.465 e. The van der Waals surface area contributed by atoms with Crippen LogP contribution in [0.3, 0.4) is 0 Å². The Morgan fingerprint density at radius 3 is 2.74 bits per heavy atom. The fourth-order valence-corrected chi connectivity index (χ4v) is 4.16. The first-order valence-electron chi connectivity index (χ1n) is 9.05. The van der Waals surface area contributed by atoms with Gasteiger partial charge in [0.05, 0.1) is 18.2 Å². The predicted molar refractivity (Wildman–Crippen MR) is 100 cm³/mol. The van der Waals surface area contributed by atoms with Crippen LogP contribution in [0, 0.1) is 5.82 Å². The molecule has 1 aliphatic heterocycles. The number of amides is 1. The maximum Gasteiger partial charge on any atom is 0.407 e. The first-order chi connectivity index (χ1) is 13.1. The normalized spacial score (nSPS) is 19.3. The lowest BCUT2D eigenvalue weighted by Crippen LogP contribution is -2.46. The number of hydrogen-bond acceptors (Lipinski definition) is 2. The number of aliphatic hydroxyl groups is 1. The highest BCUT2D eigenvalue weighted by atomic mass is 19.1. The summed E-state index contributed by atoms with van der Waals surface area (Å²) in [4.78, 5) is 12.9. The smallest absolute Gasteiger partial charge is 0.407 e. The fraction of sp³-hybridized carbons (Fsp3) is 0.286. The number of halogens is 1. The van der Waals surface area contributed by atoms with Gasteiger partial charge in [0.1, 0.15) is 5.82 Å². The second kappa shape index (κ2) is 7.04. The van der Waals surface area contributed by atoms with Crippen LogP contribution >= 0.6 is 0 Å². The summed E-state index contributed by atoms with van der Waals surface area (Å²) in [5.74, 6) is -0.386. The van der Waals surface area contributed by atoms with Crippen LogP contribution in [0.25, 0.3) is 10.9 Å².